The van der Waals surface area contributed by atoms with Crippen LogP contribution < -0.4 is 0 Å². The lowest BCUT2D eigenvalue weighted by Gasteiger charge is -2.17. The van der Waals surface area contributed by atoms with E-state index in [0.717, 1.165) is 0 Å². The number of carbonyl (C=O) groups is 2. The van der Waals surface area contributed by atoms with Gasteiger partial charge in [0.1, 0.15) is 17.0 Å². The van der Waals surface area contributed by atoms with Crippen molar-refractivity contribution in [1.29, 1.82) is 0 Å². The fraction of sp³-hybridized carbons (Fsp3) is 0.286. The van der Waals surface area contributed by atoms with Gasteiger partial charge in [-0.3, -0.25) is 9.59 Å². The highest BCUT2D eigenvalue weighted by molar-refractivity contribution is 6.10. The number of phenolic OH excluding ortho intramolecular Hbond substituents is 1. The molecule has 0 unspecified atom stereocenters. The van der Waals surface area contributed by atoms with Crippen LogP contribution in [0.3, 0.4) is 0 Å². The molecule has 2 aromatic carbocycles. The smallest absolute Gasteiger partial charge is 0.197 e. The Kier molecular flexibility index (Phi) is 4.29. The molecule has 0 fully saturated rings. The van der Waals surface area contributed by atoms with Crippen LogP contribution in [0.5, 0.6) is 5.75 Å². The zero-order chi connectivity index (χ0) is 20.1. The van der Waals surface area contributed by atoms with E-state index in [0.29, 0.717) is 27.4 Å². The van der Waals surface area contributed by atoms with E-state index >= 15 is 0 Å². The van der Waals surface area contributed by atoms with Crippen molar-refractivity contribution in [2.45, 2.75) is 38.9 Å². The molecular formula is C21H21NO5. The molecule has 1 aromatic heterocycles. The number of carbonyl (C=O) groups excluding carboxylic acids is 2. The maximum atomic E-state index is 12.3. The Morgan fingerprint density at radius 3 is 2.04 bits per heavy atom. The summed E-state index contributed by atoms with van der Waals surface area (Å²) in [5, 5.41) is 31.4. The van der Waals surface area contributed by atoms with Crippen LogP contribution in [-0.2, 0) is 0 Å². The van der Waals surface area contributed by atoms with Gasteiger partial charge in [-0.1, -0.05) is 0 Å². The Morgan fingerprint density at radius 2 is 1.44 bits per heavy atom. The zero-order valence-electron chi connectivity index (χ0n) is 15.6. The molecule has 0 spiro atoms. The summed E-state index contributed by atoms with van der Waals surface area (Å²) < 4.78 is 0. The number of benzene rings is 2. The number of fused-ring (bicyclic) bond motifs is 2. The topological polar surface area (TPSA) is 108 Å². The molecule has 1 heterocycles. The first kappa shape index (κ1) is 18.9. The number of aromatic hydroxyl groups is 1. The minimum atomic E-state index is -1.62. The summed E-state index contributed by atoms with van der Waals surface area (Å²) >= 11 is 0. The van der Waals surface area contributed by atoms with Crippen LogP contribution in [0, 0.1) is 0 Å². The monoisotopic (exact) mass is 367 g/mol. The van der Waals surface area contributed by atoms with Crippen LogP contribution >= 0.6 is 0 Å². The summed E-state index contributed by atoms with van der Waals surface area (Å²) in [5.41, 5.74) is -1.72. The fourth-order valence-electron chi connectivity index (χ4n) is 2.90. The molecule has 140 valence electrons. The third-order valence-corrected chi connectivity index (χ3v) is 4.38. The van der Waals surface area contributed by atoms with Gasteiger partial charge in [-0.25, -0.2) is 4.98 Å². The maximum absolute atomic E-state index is 12.3. The Labute approximate surface area is 156 Å². The van der Waals surface area contributed by atoms with E-state index in [4.69, 9.17) is 0 Å². The average molecular weight is 367 g/mol. The quantitative estimate of drug-likeness (QED) is 0.483. The van der Waals surface area contributed by atoms with Crippen LogP contribution in [0.2, 0.25) is 0 Å². The molecule has 0 aliphatic carbocycles. The van der Waals surface area contributed by atoms with Gasteiger partial charge in [0.05, 0.1) is 16.6 Å². The molecule has 0 saturated carbocycles. The molecule has 0 aliphatic rings. The van der Waals surface area contributed by atoms with Crippen molar-refractivity contribution in [3.05, 3.63) is 47.5 Å². The molecule has 0 saturated heterocycles. The second-order valence-electron chi connectivity index (χ2n) is 7.70. The van der Waals surface area contributed by atoms with E-state index < -0.39 is 22.8 Å². The average Bonchev–Trinajstić information content (AvgIpc) is 2.57. The minimum absolute atomic E-state index is 0.000118. The van der Waals surface area contributed by atoms with E-state index in [2.05, 4.69) is 4.98 Å². The SMILES string of the molecule is CC(C)(O)C(=O)c1ccc2nc3ccc(C(=O)C(C)(C)O)c(O)c3cc2c1. The number of hydrogen-bond acceptors (Lipinski definition) is 6. The summed E-state index contributed by atoms with van der Waals surface area (Å²) in [5.74, 6) is -1.30. The molecule has 3 rings (SSSR count). The number of hydrogen-bond donors (Lipinski definition) is 3. The molecule has 0 atom stereocenters. The van der Waals surface area contributed by atoms with Crippen molar-refractivity contribution >= 4 is 33.4 Å². The largest absolute Gasteiger partial charge is 0.506 e. The van der Waals surface area contributed by atoms with Gasteiger partial charge >= 0.3 is 0 Å². The molecule has 6 heteroatoms. The number of phenols is 1. The molecular weight excluding hydrogens is 346 g/mol. The van der Waals surface area contributed by atoms with Crippen molar-refractivity contribution in [1.82, 2.24) is 4.98 Å². The van der Waals surface area contributed by atoms with Crippen LogP contribution in [0.4, 0.5) is 0 Å². The second kappa shape index (κ2) is 6.11. The first-order valence-electron chi connectivity index (χ1n) is 8.50. The standard InChI is InChI=1S/C21H21NO5/c1-20(2,26)18(24)11-5-7-15-12(9-11)10-14-16(22-15)8-6-13(17(14)23)19(25)21(3,4)27/h5-10,23,26-27H,1-4H3. The first-order chi connectivity index (χ1) is 12.4. The lowest BCUT2D eigenvalue weighted by molar-refractivity contribution is 0.0485. The second-order valence-corrected chi connectivity index (χ2v) is 7.70. The highest BCUT2D eigenvalue weighted by Gasteiger charge is 2.28. The zero-order valence-corrected chi connectivity index (χ0v) is 15.6. The molecule has 3 aromatic rings. The number of aromatic nitrogens is 1. The van der Waals surface area contributed by atoms with Gasteiger partial charge in [0, 0.05) is 16.3 Å². The lowest BCUT2D eigenvalue weighted by Crippen LogP contribution is -2.31. The summed E-state index contributed by atoms with van der Waals surface area (Å²) in [6, 6.07) is 9.52. The van der Waals surface area contributed by atoms with Gasteiger partial charge in [-0.05, 0) is 64.1 Å². The fourth-order valence-corrected chi connectivity index (χ4v) is 2.90. The highest BCUT2D eigenvalue weighted by atomic mass is 16.3. The number of pyridine rings is 1. The number of ketones is 2. The molecule has 0 aliphatic heterocycles. The van der Waals surface area contributed by atoms with E-state index in [1.54, 1.807) is 30.3 Å². The summed E-state index contributed by atoms with van der Waals surface area (Å²) in [4.78, 5) is 29.1. The summed E-state index contributed by atoms with van der Waals surface area (Å²) in [6.07, 6.45) is 0. The predicted octanol–water partition coefficient (Wildman–Crippen LogP) is 3.00. The minimum Gasteiger partial charge on any atom is -0.506 e. The van der Waals surface area contributed by atoms with Crippen molar-refractivity contribution in [2.75, 3.05) is 0 Å². The van der Waals surface area contributed by atoms with Gasteiger partial charge < -0.3 is 15.3 Å². The Balaban J connectivity index is 2.22. The third kappa shape index (κ3) is 3.41. The Morgan fingerprint density at radius 1 is 0.852 bits per heavy atom. The van der Waals surface area contributed by atoms with E-state index in [1.165, 1.54) is 33.8 Å². The molecule has 27 heavy (non-hydrogen) atoms. The van der Waals surface area contributed by atoms with Crippen molar-refractivity contribution in [2.24, 2.45) is 0 Å². The van der Waals surface area contributed by atoms with Crippen LogP contribution in [0.1, 0.15) is 48.4 Å². The van der Waals surface area contributed by atoms with Gasteiger partial charge in [0.2, 0.25) is 0 Å². The van der Waals surface area contributed by atoms with Crippen LogP contribution in [0.15, 0.2) is 36.4 Å². The van der Waals surface area contributed by atoms with Gasteiger partial charge in [0.15, 0.2) is 11.6 Å². The van der Waals surface area contributed by atoms with Gasteiger partial charge in [-0.2, -0.15) is 0 Å². The van der Waals surface area contributed by atoms with Crippen LogP contribution in [-0.4, -0.2) is 43.1 Å². The predicted molar refractivity (Wildman–Crippen MR) is 102 cm³/mol. The highest BCUT2D eigenvalue weighted by Crippen LogP contribution is 2.32. The van der Waals surface area contributed by atoms with Gasteiger partial charge in [0.25, 0.3) is 0 Å². The molecule has 6 nitrogen and oxygen atoms in total. The first-order valence-corrected chi connectivity index (χ1v) is 8.50. The van der Waals surface area contributed by atoms with Crippen molar-refractivity contribution in [3.8, 4) is 5.75 Å². The van der Waals surface area contributed by atoms with Crippen molar-refractivity contribution < 1.29 is 24.9 Å². The maximum Gasteiger partial charge on any atom is 0.197 e. The lowest BCUT2D eigenvalue weighted by atomic mass is 9.93. The number of aliphatic hydroxyl groups is 2. The molecule has 0 amide bonds. The third-order valence-electron chi connectivity index (χ3n) is 4.38. The summed E-state index contributed by atoms with van der Waals surface area (Å²) in [7, 11) is 0. The van der Waals surface area contributed by atoms with Crippen molar-refractivity contribution in [3.63, 3.8) is 0 Å². The molecule has 3 N–H and O–H groups in total. The summed E-state index contributed by atoms with van der Waals surface area (Å²) in [6.45, 7) is 5.54. The van der Waals surface area contributed by atoms with E-state index in [-0.39, 0.29) is 11.3 Å². The number of Topliss-reactive ketones (excluding diaryl/α,β-unsaturated/α-hetero) is 2. The van der Waals surface area contributed by atoms with E-state index in [9.17, 15) is 24.9 Å². The number of nitrogens with zero attached hydrogens (tertiary/aromatic N) is 1. The number of rotatable bonds is 4. The van der Waals surface area contributed by atoms with Gasteiger partial charge in [-0.15, -0.1) is 0 Å². The Hall–Kier alpha value is -2.83. The van der Waals surface area contributed by atoms with E-state index in [1.807, 2.05) is 0 Å². The Bertz CT molecular complexity index is 1090. The molecule has 0 bridgehead atoms. The van der Waals surface area contributed by atoms with Crippen LogP contribution in [0.25, 0.3) is 21.8 Å². The molecule has 0 radical (unpaired) electrons. The normalized spacial score (nSPS) is 12.5.